The summed E-state index contributed by atoms with van der Waals surface area (Å²) in [6.07, 6.45) is 2.80. The lowest BCUT2D eigenvalue weighted by atomic mass is 10.1. The fraction of sp³-hybridized carbons (Fsp3) is 0.400. The maximum atomic E-state index is 12.2. The number of hydrogen-bond donors (Lipinski definition) is 0. The van der Waals surface area contributed by atoms with Gasteiger partial charge in [0.2, 0.25) is 0 Å². The topological polar surface area (TPSA) is 37.4 Å². The van der Waals surface area contributed by atoms with E-state index in [2.05, 4.69) is 15.9 Å². The molecule has 1 aromatic rings. The van der Waals surface area contributed by atoms with Gasteiger partial charge >= 0.3 is 0 Å². The molecule has 0 fully saturated rings. The van der Waals surface area contributed by atoms with Crippen molar-refractivity contribution in [1.29, 1.82) is 0 Å². The summed E-state index contributed by atoms with van der Waals surface area (Å²) < 4.78 is 27.2. The first-order valence-corrected chi connectivity index (χ1v) is 7.96. The molecule has 0 bridgehead atoms. The highest BCUT2D eigenvalue weighted by Gasteiger charge is 2.26. The van der Waals surface area contributed by atoms with Crippen LogP contribution in [0.3, 0.4) is 0 Å². The van der Waals surface area contributed by atoms with Crippen molar-refractivity contribution in [2.75, 3.05) is 13.1 Å². The van der Waals surface area contributed by atoms with Crippen LogP contribution in [0, 0.1) is 0 Å². The van der Waals surface area contributed by atoms with Crippen molar-refractivity contribution in [2.45, 2.75) is 17.6 Å². The highest BCUT2D eigenvalue weighted by molar-refractivity contribution is 9.11. The van der Waals surface area contributed by atoms with Crippen LogP contribution in [0.4, 0.5) is 0 Å². The molecular formula is C10H12BrNO2S2. The Morgan fingerprint density at radius 1 is 1.44 bits per heavy atom. The molecule has 0 spiro atoms. The standard InChI is InChI=1S/C10H12BrNO2S2/c1-8-4-6-12(7-5-8)16(13,14)10-3-2-9(11)15-10/h2-4H,5-7H2,1H3. The molecule has 0 atom stereocenters. The van der Waals surface area contributed by atoms with Crippen molar-refractivity contribution in [3.63, 3.8) is 0 Å². The van der Waals surface area contributed by atoms with Gasteiger partial charge in [-0.1, -0.05) is 11.6 Å². The van der Waals surface area contributed by atoms with Crippen molar-refractivity contribution >= 4 is 37.3 Å². The summed E-state index contributed by atoms with van der Waals surface area (Å²) in [4.78, 5) is 0. The minimum atomic E-state index is -3.29. The lowest BCUT2D eigenvalue weighted by Crippen LogP contribution is -2.34. The second-order valence-corrected chi connectivity index (χ2v) is 8.35. The van der Waals surface area contributed by atoms with Gasteiger partial charge in [0.05, 0.1) is 3.79 Å². The van der Waals surface area contributed by atoms with Gasteiger partial charge in [-0.15, -0.1) is 11.3 Å². The second-order valence-electron chi connectivity index (χ2n) is 3.72. The number of nitrogens with zero attached hydrogens (tertiary/aromatic N) is 1. The molecule has 0 saturated heterocycles. The first kappa shape index (κ1) is 12.3. The summed E-state index contributed by atoms with van der Waals surface area (Å²) in [5.74, 6) is 0. The normalized spacial score (nSPS) is 18.5. The van der Waals surface area contributed by atoms with Crippen molar-refractivity contribution in [3.8, 4) is 0 Å². The van der Waals surface area contributed by atoms with Gasteiger partial charge in [-0.25, -0.2) is 8.42 Å². The second kappa shape index (κ2) is 4.60. The number of rotatable bonds is 2. The first-order chi connectivity index (χ1) is 7.50. The number of halogens is 1. The highest BCUT2D eigenvalue weighted by atomic mass is 79.9. The van der Waals surface area contributed by atoms with Gasteiger partial charge in [0, 0.05) is 13.1 Å². The molecule has 3 nitrogen and oxygen atoms in total. The van der Waals surface area contributed by atoms with Gasteiger partial charge < -0.3 is 0 Å². The molecule has 1 aliphatic rings. The van der Waals surface area contributed by atoms with Crippen LogP contribution in [0.1, 0.15) is 13.3 Å². The van der Waals surface area contributed by atoms with Crippen LogP contribution in [0.2, 0.25) is 0 Å². The van der Waals surface area contributed by atoms with Crippen molar-refractivity contribution in [3.05, 3.63) is 27.6 Å². The quantitative estimate of drug-likeness (QED) is 0.785. The van der Waals surface area contributed by atoms with Crippen LogP contribution in [-0.2, 0) is 10.0 Å². The third-order valence-electron chi connectivity index (χ3n) is 2.54. The summed E-state index contributed by atoms with van der Waals surface area (Å²) in [7, 11) is -3.29. The Morgan fingerprint density at radius 3 is 2.69 bits per heavy atom. The maximum Gasteiger partial charge on any atom is 0.252 e. The van der Waals surface area contributed by atoms with E-state index >= 15 is 0 Å². The fourth-order valence-corrected chi connectivity index (χ4v) is 5.08. The fourth-order valence-electron chi connectivity index (χ4n) is 1.53. The van der Waals surface area contributed by atoms with Crippen molar-refractivity contribution < 1.29 is 8.42 Å². The van der Waals surface area contributed by atoms with E-state index in [-0.39, 0.29) is 0 Å². The van der Waals surface area contributed by atoms with Gasteiger partial charge in [0.25, 0.3) is 10.0 Å². The molecule has 88 valence electrons. The largest absolute Gasteiger partial charge is 0.252 e. The van der Waals surface area contributed by atoms with E-state index in [1.807, 2.05) is 13.0 Å². The molecule has 2 rings (SSSR count). The van der Waals surface area contributed by atoms with E-state index in [1.165, 1.54) is 21.2 Å². The number of sulfonamides is 1. The summed E-state index contributed by atoms with van der Waals surface area (Å²) in [5, 5.41) is 0. The number of thiophene rings is 1. The third-order valence-corrected chi connectivity index (χ3v) is 6.50. The zero-order valence-corrected chi connectivity index (χ0v) is 12.0. The smallest absolute Gasteiger partial charge is 0.206 e. The molecule has 0 N–H and O–H groups in total. The van der Waals surface area contributed by atoms with Crippen molar-refractivity contribution in [2.24, 2.45) is 0 Å². The third kappa shape index (κ3) is 2.40. The first-order valence-electron chi connectivity index (χ1n) is 4.91. The predicted molar refractivity (Wildman–Crippen MR) is 69.2 cm³/mol. The Labute approximate surface area is 108 Å². The van der Waals surface area contributed by atoms with Gasteiger partial charge in [0.1, 0.15) is 4.21 Å². The Bertz CT molecular complexity index is 519. The van der Waals surface area contributed by atoms with E-state index in [0.717, 1.165) is 10.2 Å². The molecule has 0 amide bonds. The van der Waals surface area contributed by atoms with Crippen LogP contribution in [-0.4, -0.2) is 25.8 Å². The Kier molecular flexibility index (Phi) is 3.53. The van der Waals surface area contributed by atoms with E-state index in [9.17, 15) is 8.42 Å². The van der Waals surface area contributed by atoms with Crippen LogP contribution in [0.15, 0.2) is 31.8 Å². The molecule has 16 heavy (non-hydrogen) atoms. The highest BCUT2D eigenvalue weighted by Crippen LogP contribution is 2.29. The van der Waals surface area contributed by atoms with E-state index in [4.69, 9.17) is 0 Å². The lowest BCUT2D eigenvalue weighted by Gasteiger charge is -2.23. The van der Waals surface area contributed by atoms with Crippen LogP contribution in [0.5, 0.6) is 0 Å². The molecule has 6 heteroatoms. The molecule has 1 aromatic heterocycles. The molecule has 0 aromatic carbocycles. The molecular weight excluding hydrogens is 310 g/mol. The SMILES string of the molecule is CC1=CCN(S(=O)(=O)c2ccc(Br)s2)CC1. The minimum absolute atomic E-state index is 0.410. The monoisotopic (exact) mass is 321 g/mol. The van der Waals surface area contributed by atoms with Gasteiger partial charge in [-0.3, -0.25) is 0 Å². The van der Waals surface area contributed by atoms with Gasteiger partial charge in [-0.05, 0) is 41.4 Å². The lowest BCUT2D eigenvalue weighted by molar-refractivity contribution is 0.433. The Hall–Kier alpha value is -0.170. The van der Waals surface area contributed by atoms with Gasteiger partial charge in [0.15, 0.2) is 0 Å². The van der Waals surface area contributed by atoms with E-state index in [0.29, 0.717) is 17.3 Å². The van der Waals surface area contributed by atoms with Crippen LogP contribution in [0.25, 0.3) is 0 Å². The van der Waals surface area contributed by atoms with E-state index in [1.54, 1.807) is 12.1 Å². The summed E-state index contributed by atoms with van der Waals surface area (Å²) >= 11 is 4.54. The Balaban J connectivity index is 2.27. The zero-order valence-electron chi connectivity index (χ0n) is 8.81. The van der Waals surface area contributed by atoms with Crippen LogP contribution >= 0.6 is 27.3 Å². The maximum absolute atomic E-state index is 12.2. The predicted octanol–water partition coefficient (Wildman–Crippen LogP) is 2.85. The zero-order chi connectivity index (χ0) is 11.8. The molecule has 1 aliphatic heterocycles. The number of hydrogen-bond acceptors (Lipinski definition) is 3. The van der Waals surface area contributed by atoms with Gasteiger partial charge in [-0.2, -0.15) is 4.31 Å². The molecule has 2 heterocycles. The summed E-state index contributed by atoms with van der Waals surface area (Å²) in [6, 6.07) is 3.41. The summed E-state index contributed by atoms with van der Waals surface area (Å²) in [5.41, 5.74) is 1.26. The minimum Gasteiger partial charge on any atom is -0.206 e. The Morgan fingerprint density at radius 2 is 2.19 bits per heavy atom. The molecule has 0 saturated carbocycles. The molecule has 0 aliphatic carbocycles. The average molecular weight is 322 g/mol. The summed E-state index contributed by atoms with van der Waals surface area (Å²) in [6.45, 7) is 3.11. The molecule has 0 unspecified atom stereocenters. The van der Waals surface area contributed by atoms with Crippen LogP contribution < -0.4 is 0 Å². The molecule has 0 radical (unpaired) electrons. The van der Waals surface area contributed by atoms with Crippen molar-refractivity contribution in [1.82, 2.24) is 4.31 Å². The van der Waals surface area contributed by atoms with E-state index < -0.39 is 10.0 Å². The average Bonchev–Trinajstić information content (AvgIpc) is 2.66.